The highest BCUT2D eigenvalue weighted by Gasteiger charge is 2.09. The molecule has 1 unspecified atom stereocenters. The zero-order valence-corrected chi connectivity index (χ0v) is 8.24. The normalized spacial score (nSPS) is 13.4. The third kappa shape index (κ3) is 1.36. The highest BCUT2D eigenvalue weighted by atomic mass is 19.1. The Balaban J connectivity index is 2.61. The summed E-state index contributed by atoms with van der Waals surface area (Å²) in [6.45, 7) is 4.11. The molecule has 3 nitrogen and oxygen atoms in total. The lowest BCUT2D eigenvalue weighted by Crippen LogP contribution is -2.05. The van der Waals surface area contributed by atoms with Crippen molar-refractivity contribution in [3.8, 4) is 0 Å². The van der Waals surface area contributed by atoms with E-state index >= 15 is 0 Å². The first-order valence-corrected chi connectivity index (χ1v) is 4.73. The topological polar surface area (TPSA) is 30.7 Å². The second-order valence-corrected chi connectivity index (χ2v) is 3.42. The molecule has 2 aromatic rings. The Hall–Kier alpha value is -1.45. The van der Waals surface area contributed by atoms with Crippen molar-refractivity contribution in [1.82, 2.24) is 15.0 Å². The molecule has 74 valence electrons. The summed E-state index contributed by atoms with van der Waals surface area (Å²) in [5.74, 6) is -0.246. The van der Waals surface area contributed by atoms with Crippen molar-refractivity contribution >= 4 is 11.0 Å². The van der Waals surface area contributed by atoms with E-state index in [2.05, 4.69) is 17.2 Å². The molecule has 0 fully saturated rings. The summed E-state index contributed by atoms with van der Waals surface area (Å²) in [4.78, 5) is 0. The number of hydrogen-bond acceptors (Lipinski definition) is 2. The lowest BCUT2D eigenvalue weighted by atomic mass is 10.2. The van der Waals surface area contributed by atoms with Crippen molar-refractivity contribution in [3.63, 3.8) is 0 Å². The monoisotopic (exact) mass is 193 g/mol. The first-order valence-electron chi connectivity index (χ1n) is 4.73. The first-order chi connectivity index (χ1) is 6.72. The number of nitrogens with zero attached hydrogens (tertiary/aromatic N) is 3. The van der Waals surface area contributed by atoms with E-state index < -0.39 is 0 Å². The van der Waals surface area contributed by atoms with Gasteiger partial charge in [-0.3, -0.25) is 0 Å². The second-order valence-electron chi connectivity index (χ2n) is 3.42. The lowest BCUT2D eigenvalue weighted by molar-refractivity contribution is 0.477. The summed E-state index contributed by atoms with van der Waals surface area (Å²) in [5, 5.41) is 7.98. The van der Waals surface area contributed by atoms with Crippen molar-refractivity contribution in [1.29, 1.82) is 0 Å². The molecule has 1 atom stereocenters. The molecule has 0 saturated carbocycles. The molecule has 0 spiro atoms. The Morgan fingerprint density at radius 1 is 1.50 bits per heavy atom. The predicted molar refractivity (Wildman–Crippen MR) is 52.5 cm³/mol. The Labute approximate surface area is 81.5 Å². The highest BCUT2D eigenvalue weighted by molar-refractivity contribution is 5.74. The van der Waals surface area contributed by atoms with Crippen molar-refractivity contribution in [2.75, 3.05) is 0 Å². The minimum Gasteiger partial charge on any atom is -0.242 e. The molecule has 14 heavy (non-hydrogen) atoms. The van der Waals surface area contributed by atoms with E-state index in [1.54, 1.807) is 10.7 Å². The van der Waals surface area contributed by atoms with E-state index in [9.17, 15) is 4.39 Å². The van der Waals surface area contributed by atoms with Crippen LogP contribution in [0.4, 0.5) is 4.39 Å². The van der Waals surface area contributed by atoms with Gasteiger partial charge in [-0.2, -0.15) is 0 Å². The van der Waals surface area contributed by atoms with Gasteiger partial charge in [-0.15, -0.1) is 5.10 Å². The summed E-state index contributed by atoms with van der Waals surface area (Å²) in [7, 11) is 0. The zero-order chi connectivity index (χ0) is 10.1. The van der Waals surface area contributed by atoms with Gasteiger partial charge in [0.2, 0.25) is 0 Å². The summed E-state index contributed by atoms with van der Waals surface area (Å²) >= 11 is 0. The fraction of sp³-hybridized carbons (Fsp3) is 0.400. The molecular formula is C10H12FN3. The second kappa shape index (κ2) is 3.36. The number of aromatic nitrogens is 3. The van der Waals surface area contributed by atoms with Gasteiger partial charge in [0.1, 0.15) is 11.3 Å². The number of halogens is 1. The Kier molecular flexibility index (Phi) is 2.19. The molecular weight excluding hydrogens is 181 g/mol. The van der Waals surface area contributed by atoms with Crippen molar-refractivity contribution < 1.29 is 4.39 Å². The SMILES string of the molecule is CCC(C)n1nnc2ccc(F)cc21. The molecule has 0 aliphatic heterocycles. The Morgan fingerprint density at radius 2 is 2.29 bits per heavy atom. The van der Waals surface area contributed by atoms with Crippen molar-refractivity contribution in [2.24, 2.45) is 0 Å². The third-order valence-electron chi connectivity index (χ3n) is 2.44. The van der Waals surface area contributed by atoms with Gasteiger partial charge in [-0.1, -0.05) is 12.1 Å². The summed E-state index contributed by atoms with van der Waals surface area (Å²) in [6, 6.07) is 4.78. The van der Waals surface area contributed by atoms with E-state index in [1.807, 2.05) is 6.92 Å². The molecule has 0 aliphatic rings. The van der Waals surface area contributed by atoms with E-state index in [0.29, 0.717) is 0 Å². The molecule has 1 aromatic heterocycles. The smallest absolute Gasteiger partial charge is 0.125 e. The molecule has 1 heterocycles. The van der Waals surface area contributed by atoms with Crippen LogP contribution in [0.3, 0.4) is 0 Å². The largest absolute Gasteiger partial charge is 0.242 e. The van der Waals surface area contributed by atoms with E-state index in [0.717, 1.165) is 17.5 Å². The van der Waals surface area contributed by atoms with Crippen LogP contribution in [0.25, 0.3) is 11.0 Å². The lowest BCUT2D eigenvalue weighted by Gasteiger charge is -2.08. The molecule has 2 rings (SSSR count). The number of benzene rings is 1. The van der Waals surface area contributed by atoms with Gasteiger partial charge in [0.25, 0.3) is 0 Å². The number of rotatable bonds is 2. The van der Waals surface area contributed by atoms with Crippen LogP contribution in [0, 0.1) is 5.82 Å². The van der Waals surface area contributed by atoms with E-state index in [1.165, 1.54) is 12.1 Å². The van der Waals surface area contributed by atoms with Crippen LogP contribution < -0.4 is 0 Å². The molecule has 0 aliphatic carbocycles. The van der Waals surface area contributed by atoms with Gasteiger partial charge < -0.3 is 0 Å². The van der Waals surface area contributed by atoms with E-state index in [-0.39, 0.29) is 11.9 Å². The Morgan fingerprint density at radius 3 is 3.00 bits per heavy atom. The predicted octanol–water partition coefficient (Wildman–Crippen LogP) is 2.54. The maximum absolute atomic E-state index is 13.0. The summed E-state index contributed by atoms with van der Waals surface area (Å²) in [5.41, 5.74) is 1.51. The number of hydrogen-bond donors (Lipinski definition) is 0. The van der Waals surface area contributed by atoms with Crippen LogP contribution >= 0.6 is 0 Å². The first kappa shape index (κ1) is 9.12. The van der Waals surface area contributed by atoms with Gasteiger partial charge >= 0.3 is 0 Å². The molecule has 0 N–H and O–H groups in total. The summed E-state index contributed by atoms with van der Waals surface area (Å²) in [6.07, 6.45) is 0.953. The maximum Gasteiger partial charge on any atom is 0.125 e. The van der Waals surface area contributed by atoms with Crippen molar-refractivity contribution in [2.45, 2.75) is 26.3 Å². The fourth-order valence-corrected chi connectivity index (χ4v) is 1.41. The summed E-state index contributed by atoms with van der Waals surface area (Å²) < 4.78 is 14.8. The van der Waals surface area contributed by atoms with Crippen LogP contribution in [-0.2, 0) is 0 Å². The highest BCUT2D eigenvalue weighted by Crippen LogP contribution is 2.18. The minimum absolute atomic E-state index is 0.246. The molecule has 4 heteroatoms. The minimum atomic E-state index is -0.246. The number of fused-ring (bicyclic) bond motifs is 1. The molecule has 0 amide bonds. The molecule has 1 aromatic carbocycles. The fourth-order valence-electron chi connectivity index (χ4n) is 1.41. The molecule has 0 radical (unpaired) electrons. The van der Waals surface area contributed by atoms with Gasteiger partial charge in [-0.05, 0) is 25.5 Å². The van der Waals surface area contributed by atoms with Crippen LogP contribution in [0.2, 0.25) is 0 Å². The third-order valence-corrected chi connectivity index (χ3v) is 2.44. The zero-order valence-electron chi connectivity index (χ0n) is 8.24. The van der Waals surface area contributed by atoms with Gasteiger partial charge in [-0.25, -0.2) is 9.07 Å². The maximum atomic E-state index is 13.0. The van der Waals surface area contributed by atoms with Crippen LogP contribution in [0.1, 0.15) is 26.3 Å². The van der Waals surface area contributed by atoms with Gasteiger partial charge in [0.15, 0.2) is 0 Å². The average molecular weight is 193 g/mol. The van der Waals surface area contributed by atoms with Gasteiger partial charge in [0.05, 0.1) is 11.6 Å². The van der Waals surface area contributed by atoms with Crippen LogP contribution in [0.5, 0.6) is 0 Å². The molecule has 0 bridgehead atoms. The Bertz CT molecular complexity index is 450. The van der Waals surface area contributed by atoms with Gasteiger partial charge in [0, 0.05) is 6.07 Å². The standard InChI is InChI=1S/C10H12FN3/c1-3-7(2)14-10-6-8(11)4-5-9(10)12-13-14/h4-7H,3H2,1-2H3. The van der Waals surface area contributed by atoms with Crippen molar-refractivity contribution in [3.05, 3.63) is 24.0 Å². The van der Waals surface area contributed by atoms with Crippen LogP contribution in [-0.4, -0.2) is 15.0 Å². The van der Waals surface area contributed by atoms with E-state index in [4.69, 9.17) is 0 Å². The van der Waals surface area contributed by atoms with Crippen LogP contribution in [0.15, 0.2) is 18.2 Å². The average Bonchev–Trinajstić information content (AvgIpc) is 2.59. The molecule has 0 saturated heterocycles. The quantitative estimate of drug-likeness (QED) is 0.733.